The van der Waals surface area contributed by atoms with Crippen molar-refractivity contribution in [1.29, 1.82) is 0 Å². The number of nitrogens with zero attached hydrogens (tertiary/aromatic N) is 1. The lowest BCUT2D eigenvalue weighted by molar-refractivity contribution is -0.172. The number of benzene rings is 4. The molecule has 1 fully saturated rings. The molecule has 4 aromatic carbocycles. The fourth-order valence-corrected chi connectivity index (χ4v) is 5.72. The SMILES string of the molecule is COC(=O)C[C@H](c1ccccc1)[C@H]1[C@H](OCc2ccccc2)[C@H](OCc2ccccc2)[C@H](COCc2ccccc2)N1O. The summed E-state index contributed by atoms with van der Waals surface area (Å²) >= 11 is 0. The normalized spacial score (nSPS) is 21.0. The minimum atomic E-state index is -0.615. The molecule has 5 rings (SSSR count). The molecule has 1 N–H and O–H groups in total. The van der Waals surface area contributed by atoms with E-state index in [9.17, 15) is 10.0 Å². The van der Waals surface area contributed by atoms with Crippen LogP contribution in [0.2, 0.25) is 0 Å². The Bertz CT molecular complexity index is 1370. The third-order valence-electron chi connectivity index (χ3n) is 7.91. The van der Waals surface area contributed by atoms with Gasteiger partial charge in [0.1, 0.15) is 12.2 Å². The summed E-state index contributed by atoms with van der Waals surface area (Å²) in [7, 11) is 1.38. The van der Waals surface area contributed by atoms with Crippen molar-refractivity contribution in [3.8, 4) is 0 Å². The average molecular weight is 582 g/mol. The van der Waals surface area contributed by atoms with Crippen molar-refractivity contribution in [2.24, 2.45) is 0 Å². The van der Waals surface area contributed by atoms with Crippen LogP contribution in [0.3, 0.4) is 0 Å². The van der Waals surface area contributed by atoms with Crippen molar-refractivity contribution in [3.05, 3.63) is 144 Å². The maximum atomic E-state index is 12.7. The average Bonchev–Trinajstić information content (AvgIpc) is 3.32. The highest BCUT2D eigenvalue weighted by molar-refractivity contribution is 5.70. The van der Waals surface area contributed by atoms with Crippen molar-refractivity contribution in [1.82, 2.24) is 5.06 Å². The second-order valence-electron chi connectivity index (χ2n) is 10.8. The zero-order chi connectivity index (χ0) is 29.9. The molecule has 0 spiro atoms. The molecular formula is C36H39NO6. The van der Waals surface area contributed by atoms with Crippen LogP contribution < -0.4 is 0 Å². The summed E-state index contributed by atoms with van der Waals surface area (Å²) in [6.45, 7) is 1.24. The molecule has 0 aromatic heterocycles. The Morgan fingerprint density at radius 2 is 1.16 bits per heavy atom. The predicted molar refractivity (Wildman–Crippen MR) is 163 cm³/mol. The Morgan fingerprint density at radius 1 is 0.698 bits per heavy atom. The largest absolute Gasteiger partial charge is 0.469 e. The van der Waals surface area contributed by atoms with Gasteiger partial charge in [-0.3, -0.25) is 4.79 Å². The molecule has 7 nitrogen and oxygen atoms in total. The first-order valence-electron chi connectivity index (χ1n) is 14.7. The van der Waals surface area contributed by atoms with E-state index in [1.165, 1.54) is 12.2 Å². The zero-order valence-electron chi connectivity index (χ0n) is 24.4. The Balaban J connectivity index is 1.48. The third kappa shape index (κ3) is 8.16. The van der Waals surface area contributed by atoms with Gasteiger partial charge in [-0.15, -0.1) is 0 Å². The molecule has 0 amide bonds. The molecule has 0 aliphatic carbocycles. The van der Waals surface area contributed by atoms with E-state index in [4.69, 9.17) is 18.9 Å². The Kier molecular flexibility index (Phi) is 11.1. The molecule has 1 aliphatic heterocycles. The molecule has 1 heterocycles. The monoisotopic (exact) mass is 581 g/mol. The van der Waals surface area contributed by atoms with E-state index in [1.807, 2.05) is 121 Å². The maximum Gasteiger partial charge on any atom is 0.306 e. The minimum absolute atomic E-state index is 0.0659. The first-order valence-corrected chi connectivity index (χ1v) is 14.7. The lowest BCUT2D eigenvalue weighted by Crippen LogP contribution is -2.43. The van der Waals surface area contributed by atoms with Gasteiger partial charge in [0.15, 0.2) is 0 Å². The lowest BCUT2D eigenvalue weighted by Gasteiger charge is -2.32. The first kappa shape index (κ1) is 30.6. The highest BCUT2D eigenvalue weighted by Gasteiger charge is 2.54. The van der Waals surface area contributed by atoms with Gasteiger partial charge >= 0.3 is 5.97 Å². The van der Waals surface area contributed by atoms with Crippen LogP contribution in [-0.2, 0) is 43.6 Å². The van der Waals surface area contributed by atoms with Crippen molar-refractivity contribution < 1.29 is 28.9 Å². The van der Waals surface area contributed by atoms with Gasteiger partial charge in [0, 0.05) is 5.92 Å². The Morgan fingerprint density at radius 3 is 1.67 bits per heavy atom. The van der Waals surface area contributed by atoms with Gasteiger partial charge in [0.05, 0.1) is 52.0 Å². The van der Waals surface area contributed by atoms with Gasteiger partial charge < -0.3 is 24.2 Å². The topological polar surface area (TPSA) is 77.5 Å². The number of carbonyl (C=O) groups excluding carboxylic acids is 1. The molecule has 1 saturated heterocycles. The molecule has 224 valence electrons. The fourth-order valence-electron chi connectivity index (χ4n) is 5.72. The van der Waals surface area contributed by atoms with Crippen LogP contribution >= 0.6 is 0 Å². The van der Waals surface area contributed by atoms with Gasteiger partial charge in [0.2, 0.25) is 0 Å². The molecule has 0 radical (unpaired) electrons. The summed E-state index contributed by atoms with van der Waals surface area (Å²) in [5.74, 6) is -0.795. The van der Waals surface area contributed by atoms with E-state index in [1.54, 1.807) is 0 Å². The fraction of sp³-hybridized carbons (Fsp3) is 0.306. The summed E-state index contributed by atoms with van der Waals surface area (Å²) in [5, 5.41) is 13.2. The Hall–Kier alpha value is -3.85. The van der Waals surface area contributed by atoms with Crippen LogP contribution in [0.5, 0.6) is 0 Å². The van der Waals surface area contributed by atoms with Crippen molar-refractivity contribution in [2.45, 2.75) is 56.5 Å². The first-order chi connectivity index (χ1) is 21.1. The quantitative estimate of drug-likeness (QED) is 0.179. The molecule has 4 aromatic rings. The minimum Gasteiger partial charge on any atom is -0.469 e. The van der Waals surface area contributed by atoms with Crippen LogP contribution in [0.15, 0.2) is 121 Å². The van der Waals surface area contributed by atoms with Crippen LogP contribution in [-0.4, -0.2) is 54.2 Å². The number of carbonyl (C=O) groups is 1. The molecular weight excluding hydrogens is 542 g/mol. The number of rotatable bonds is 14. The van der Waals surface area contributed by atoms with Gasteiger partial charge in [-0.05, 0) is 22.3 Å². The number of hydrogen-bond donors (Lipinski definition) is 1. The molecule has 5 atom stereocenters. The van der Waals surface area contributed by atoms with E-state index in [2.05, 4.69) is 0 Å². The summed E-state index contributed by atoms with van der Waals surface area (Å²) in [6.07, 6.45) is -1.08. The summed E-state index contributed by atoms with van der Waals surface area (Å²) in [6, 6.07) is 38.3. The number of hydrogen-bond acceptors (Lipinski definition) is 7. The van der Waals surface area contributed by atoms with Gasteiger partial charge in [-0.1, -0.05) is 121 Å². The molecule has 7 heteroatoms. The van der Waals surface area contributed by atoms with Crippen LogP contribution in [0, 0.1) is 0 Å². The smallest absolute Gasteiger partial charge is 0.306 e. The third-order valence-corrected chi connectivity index (χ3v) is 7.91. The summed E-state index contributed by atoms with van der Waals surface area (Å²) in [4.78, 5) is 12.7. The second-order valence-corrected chi connectivity index (χ2v) is 10.8. The molecule has 0 saturated carbocycles. The number of methoxy groups -OCH3 is 1. The van der Waals surface area contributed by atoms with Crippen LogP contribution in [0.25, 0.3) is 0 Å². The zero-order valence-corrected chi connectivity index (χ0v) is 24.4. The highest BCUT2D eigenvalue weighted by atomic mass is 16.6. The Labute approximate surface area is 253 Å². The van der Waals surface area contributed by atoms with E-state index in [0.717, 1.165) is 22.3 Å². The molecule has 43 heavy (non-hydrogen) atoms. The van der Waals surface area contributed by atoms with E-state index < -0.39 is 30.2 Å². The standard InChI is InChI=1S/C36H39NO6/c1-40-33(38)22-31(30-20-12-5-13-21-30)34-36(43-25-29-18-10-4-11-19-29)35(42-24-28-16-8-3-9-17-28)32(37(34)39)26-41-23-27-14-6-2-7-15-27/h2-21,31-32,34-36,39H,22-26H2,1H3/t31-,32+,34+,35-,36+/m1/s1. The van der Waals surface area contributed by atoms with Gasteiger partial charge in [0.25, 0.3) is 0 Å². The lowest BCUT2D eigenvalue weighted by atomic mass is 9.85. The molecule has 0 unspecified atom stereocenters. The van der Waals surface area contributed by atoms with Crippen molar-refractivity contribution in [3.63, 3.8) is 0 Å². The summed E-state index contributed by atoms with van der Waals surface area (Å²) in [5.41, 5.74) is 3.95. The number of esters is 1. The van der Waals surface area contributed by atoms with Gasteiger partial charge in [-0.25, -0.2) is 0 Å². The summed E-state index contributed by atoms with van der Waals surface area (Å²) < 4.78 is 24.5. The number of ether oxygens (including phenoxy) is 4. The van der Waals surface area contributed by atoms with Crippen LogP contribution in [0.4, 0.5) is 0 Å². The van der Waals surface area contributed by atoms with Crippen molar-refractivity contribution in [2.75, 3.05) is 13.7 Å². The number of hydroxylamine groups is 2. The van der Waals surface area contributed by atoms with E-state index in [0.29, 0.717) is 19.8 Å². The van der Waals surface area contributed by atoms with Crippen LogP contribution in [0.1, 0.15) is 34.6 Å². The molecule has 1 aliphatic rings. The predicted octanol–water partition coefficient (Wildman–Crippen LogP) is 6.16. The highest BCUT2D eigenvalue weighted by Crippen LogP contribution is 2.40. The van der Waals surface area contributed by atoms with Crippen molar-refractivity contribution >= 4 is 5.97 Å². The molecule has 0 bridgehead atoms. The van der Waals surface area contributed by atoms with E-state index in [-0.39, 0.29) is 19.0 Å². The maximum absolute atomic E-state index is 12.7. The second kappa shape index (κ2) is 15.6. The van der Waals surface area contributed by atoms with Gasteiger partial charge in [-0.2, -0.15) is 5.06 Å². The van der Waals surface area contributed by atoms with E-state index >= 15 is 0 Å².